The van der Waals surface area contributed by atoms with E-state index in [1.54, 1.807) is 0 Å². The van der Waals surface area contributed by atoms with Crippen molar-refractivity contribution >= 4 is 17.3 Å². The van der Waals surface area contributed by atoms with Crippen molar-refractivity contribution in [1.82, 2.24) is 10.2 Å². The van der Waals surface area contributed by atoms with Crippen LogP contribution in [0.1, 0.15) is 33.3 Å². The van der Waals surface area contributed by atoms with Gasteiger partial charge in [-0.1, -0.05) is 31.5 Å². The third-order valence-corrected chi connectivity index (χ3v) is 4.84. The number of hydrogen-bond donors (Lipinski definition) is 1. The lowest BCUT2D eigenvalue weighted by molar-refractivity contribution is 0.170. The molecule has 0 bridgehead atoms. The maximum Gasteiger partial charge on any atom is 0.0471 e. The van der Waals surface area contributed by atoms with Gasteiger partial charge in [-0.2, -0.15) is 0 Å². The van der Waals surface area contributed by atoms with Crippen LogP contribution in [0, 0.1) is 0 Å². The van der Waals surface area contributed by atoms with Crippen molar-refractivity contribution in [3.63, 3.8) is 0 Å². The fourth-order valence-corrected chi connectivity index (χ4v) is 3.16. The fourth-order valence-electron chi connectivity index (χ4n) is 2.93. The third-order valence-electron chi connectivity index (χ3n) is 4.48. The maximum absolute atomic E-state index is 6.46. The van der Waals surface area contributed by atoms with Crippen molar-refractivity contribution in [3.8, 4) is 0 Å². The van der Waals surface area contributed by atoms with Crippen LogP contribution >= 0.6 is 11.6 Å². The molecule has 1 saturated heterocycles. The third kappa shape index (κ3) is 3.91. The number of nitrogens with one attached hydrogen (secondary N) is 1. The Kier molecular flexibility index (Phi) is 5.53. The number of benzene rings is 1. The van der Waals surface area contributed by atoms with Crippen LogP contribution in [0.15, 0.2) is 18.2 Å². The lowest BCUT2D eigenvalue weighted by Crippen LogP contribution is -2.55. The number of rotatable bonds is 4. The second-order valence-corrected chi connectivity index (χ2v) is 6.95. The first-order chi connectivity index (χ1) is 9.90. The second-order valence-electron chi connectivity index (χ2n) is 6.54. The van der Waals surface area contributed by atoms with Crippen molar-refractivity contribution in [2.24, 2.45) is 0 Å². The Morgan fingerprint density at radius 3 is 2.43 bits per heavy atom. The Morgan fingerprint density at radius 1 is 1.24 bits per heavy atom. The van der Waals surface area contributed by atoms with Gasteiger partial charge in [-0.15, -0.1) is 0 Å². The minimum Gasteiger partial charge on any atom is -0.368 e. The summed E-state index contributed by atoms with van der Waals surface area (Å²) in [5, 5.41) is 4.35. The van der Waals surface area contributed by atoms with E-state index in [9.17, 15) is 0 Å². The summed E-state index contributed by atoms with van der Waals surface area (Å²) in [4.78, 5) is 4.94. The summed E-state index contributed by atoms with van der Waals surface area (Å²) in [7, 11) is 2.21. The zero-order valence-corrected chi connectivity index (χ0v) is 14.6. The zero-order chi connectivity index (χ0) is 15.6. The number of likely N-dealkylation sites (N-methyl/N-ethyl adjacent to an activating group) is 1. The van der Waals surface area contributed by atoms with Crippen molar-refractivity contribution in [3.05, 3.63) is 28.8 Å². The van der Waals surface area contributed by atoms with E-state index in [-0.39, 0.29) is 0 Å². The summed E-state index contributed by atoms with van der Waals surface area (Å²) in [5.74, 6) is 0. The number of halogens is 1. The van der Waals surface area contributed by atoms with Gasteiger partial charge in [-0.3, -0.25) is 4.90 Å². The predicted molar refractivity (Wildman–Crippen MR) is 92.3 cm³/mol. The largest absolute Gasteiger partial charge is 0.368 e. The zero-order valence-electron chi connectivity index (χ0n) is 13.9. The summed E-state index contributed by atoms with van der Waals surface area (Å²) in [6, 6.07) is 7.82. The van der Waals surface area contributed by atoms with Crippen LogP contribution in [0.4, 0.5) is 5.69 Å². The molecule has 0 spiro atoms. The molecule has 21 heavy (non-hydrogen) atoms. The molecule has 1 aliphatic heterocycles. The molecular formula is C17H28ClN3. The lowest BCUT2D eigenvalue weighted by Gasteiger charge is -2.44. The molecule has 1 aliphatic rings. The summed E-state index contributed by atoms with van der Waals surface area (Å²) >= 11 is 6.46. The van der Waals surface area contributed by atoms with Gasteiger partial charge in [-0.25, -0.2) is 0 Å². The number of nitrogens with zero attached hydrogens (tertiary/aromatic N) is 2. The molecule has 3 nitrogen and oxygen atoms in total. The first kappa shape index (κ1) is 16.6. The van der Waals surface area contributed by atoms with Crippen LogP contribution in [-0.4, -0.2) is 43.2 Å². The highest BCUT2D eigenvalue weighted by atomic mass is 35.5. The Bertz CT molecular complexity index is 463. The van der Waals surface area contributed by atoms with Gasteiger partial charge in [0.05, 0.1) is 0 Å². The molecule has 1 N–H and O–H groups in total. The lowest BCUT2D eigenvalue weighted by atomic mass is 10.1. The van der Waals surface area contributed by atoms with Crippen molar-refractivity contribution in [1.29, 1.82) is 0 Å². The van der Waals surface area contributed by atoms with Crippen molar-refractivity contribution in [2.45, 2.75) is 52.4 Å². The molecule has 0 aromatic heterocycles. The normalized spacial score (nSPS) is 23.9. The SMILES string of the molecule is CC(C)NCc1c(Cl)cccc1N1CC(C)N(C)C(C)C1. The van der Waals surface area contributed by atoms with Crippen LogP contribution in [0.25, 0.3) is 0 Å². The number of piperazine rings is 1. The maximum atomic E-state index is 6.46. The highest BCUT2D eigenvalue weighted by Crippen LogP contribution is 2.30. The van der Waals surface area contributed by atoms with Gasteiger partial charge in [0.2, 0.25) is 0 Å². The average molecular weight is 310 g/mol. The molecule has 0 aliphatic carbocycles. The van der Waals surface area contributed by atoms with Gasteiger partial charge >= 0.3 is 0 Å². The van der Waals surface area contributed by atoms with E-state index in [0.29, 0.717) is 18.1 Å². The Morgan fingerprint density at radius 2 is 1.86 bits per heavy atom. The molecule has 2 atom stereocenters. The monoisotopic (exact) mass is 309 g/mol. The molecule has 0 radical (unpaired) electrons. The van der Waals surface area contributed by atoms with E-state index in [0.717, 1.165) is 24.7 Å². The fraction of sp³-hybridized carbons (Fsp3) is 0.647. The molecule has 0 saturated carbocycles. The topological polar surface area (TPSA) is 18.5 Å². The van der Waals surface area contributed by atoms with E-state index in [4.69, 9.17) is 11.6 Å². The summed E-state index contributed by atoms with van der Waals surface area (Å²) in [6.45, 7) is 11.8. The molecule has 1 fully saturated rings. The molecule has 1 aromatic carbocycles. The van der Waals surface area contributed by atoms with Crippen LogP contribution < -0.4 is 10.2 Å². The van der Waals surface area contributed by atoms with Crippen LogP contribution in [0.5, 0.6) is 0 Å². The predicted octanol–water partition coefficient (Wildman–Crippen LogP) is 3.37. The molecule has 118 valence electrons. The van der Waals surface area contributed by atoms with E-state index < -0.39 is 0 Å². The minimum absolute atomic E-state index is 0.458. The van der Waals surface area contributed by atoms with Gasteiger partial charge in [0.15, 0.2) is 0 Å². The van der Waals surface area contributed by atoms with Gasteiger partial charge in [-0.05, 0) is 33.0 Å². The first-order valence-corrected chi connectivity index (χ1v) is 8.25. The highest BCUT2D eigenvalue weighted by Gasteiger charge is 2.28. The van der Waals surface area contributed by atoms with E-state index in [1.807, 2.05) is 6.07 Å². The summed E-state index contributed by atoms with van der Waals surface area (Å²) in [5.41, 5.74) is 2.50. The Balaban J connectivity index is 2.24. The highest BCUT2D eigenvalue weighted by molar-refractivity contribution is 6.31. The van der Waals surface area contributed by atoms with Crippen molar-refractivity contribution < 1.29 is 0 Å². The Labute approximate surface area is 134 Å². The van der Waals surface area contributed by atoms with E-state index >= 15 is 0 Å². The number of anilines is 1. The van der Waals surface area contributed by atoms with Gasteiger partial charge in [0, 0.05) is 54.0 Å². The second kappa shape index (κ2) is 6.99. The molecule has 4 heteroatoms. The summed E-state index contributed by atoms with van der Waals surface area (Å²) in [6.07, 6.45) is 0. The van der Waals surface area contributed by atoms with Crippen LogP contribution in [0.3, 0.4) is 0 Å². The average Bonchev–Trinajstić information content (AvgIpc) is 2.42. The number of hydrogen-bond acceptors (Lipinski definition) is 3. The molecule has 2 rings (SSSR count). The molecular weight excluding hydrogens is 282 g/mol. The minimum atomic E-state index is 0.458. The van der Waals surface area contributed by atoms with E-state index in [1.165, 1.54) is 11.3 Å². The Hall–Kier alpha value is -0.770. The van der Waals surface area contributed by atoms with Gasteiger partial charge < -0.3 is 10.2 Å². The van der Waals surface area contributed by atoms with Gasteiger partial charge in [0.1, 0.15) is 0 Å². The molecule has 0 amide bonds. The standard InChI is InChI=1S/C17H28ClN3/c1-12(2)19-9-15-16(18)7-6-8-17(15)21-10-13(3)20(5)14(4)11-21/h6-8,12-14,19H,9-11H2,1-5H3. The molecule has 1 heterocycles. The first-order valence-electron chi connectivity index (χ1n) is 7.87. The van der Waals surface area contributed by atoms with Gasteiger partial charge in [0.25, 0.3) is 0 Å². The molecule has 1 aromatic rings. The smallest absolute Gasteiger partial charge is 0.0471 e. The van der Waals surface area contributed by atoms with Crippen molar-refractivity contribution in [2.75, 3.05) is 25.0 Å². The molecule has 2 unspecified atom stereocenters. The summed E-state index contributed by atoms with van der Waals surface area (Å²) < 4.78 is 0. The van der Waals surface area contributed by atoms with E-state index in [2.05, 4.69) is 62.0 Å². The van der Waals surface area contributed by atoms with Crippen LogP contribution in [-0.2, 0) is 6.54 Å². The quantitative estimate of drug-likeness (QED) is 0.920. The van der Waals surface area contributed by atoms with Crippen LogP contribution in [0.2, 0.25) is 5.02 Å².